The minimum atomic E-state index is -0.0707. The zero-order chi connectivity index (χ0) is 12.0. The van der Waals surface area contributed by atoms with Gasteiger partial charge in [-0.2, -0.15) is 0 Å². The molecular formula is C13H17NO3. The zero-order valence-electron chi connectivity index (χ0n) is 10.1. The molecular weight excluding hydrogens is 218 g/mol. The van der Waals surface area contributed by atoms with E-state index < -0.39 is 0 Å². The standard InChI is InChI=1S/C13H17NO3/c1-17-12(16)11-4-9-6-14(8-15)7-10(9)5-13(11)2-3-13/h8,11H,2-7H2,1H3/t11-/m1/s1. The van der Waals surface area contributed by atoms with E-state index in [9.17, 15) is 9.59 Å². The number of hydrogen-bond donors (Lipinski definition) is 0. The molecule has 1 heterocycles. The van der Waals surface area contributed by atoms with E-state index in [0.29, 0.717) is 6.54 Å². The van der Waals surface area contributed by atoms with Gasteiger partial charge in [-0.3, -0.25) is 9.59 Å². The maximum absolute atomic E-state index is 11.8. The second kappa shape index (κ2) is 3.59. The Morgan fingerprint density at radius 2 is 2.12 bits per heavy atom. The van der Waals surface area contributed by atoms with E-state index in [-0.39, 0.29) is 17.3 Å². The van der Waals surface area contributed by atoms with Crippen molar-refractivity contribution in [3.63, 3.8) is 0 Å². The number of esters is 1. The van der Waals surface area contributed by atoms with E-state index >= 15 is 0 Å². The lowest BCUT2D eigenvalue weighted by Crippen LogP contribution is -2.30. The van der Waals surface area contributed by atoms with Crippen LogP contribution in [0.2, 0.25) is 0 Å². The fourth-order valence-corrected chi connectivity index (χ4v) is 3.41. The summed E-state index contributed by atoms with van der Waals surface area (Å²) in [5, 5.41) is 0. The molecule has 0 unspecified atom stereocenters. The Balaban J connectivity index is 1.83. The molecule has 4 nitrogen and oxygen atoms in total. The quantitative estimate of drug-likeness (QED) is 0.409. The molecule has 1 fully saturated rings. The molecule has 1 amide bonds. The van der Waals surface area contributed by atoms with Crippen LogP contribution in [-0.4, -0.2) is 37.5 Å². The molecule has 17 heavy (non-hydrogen) atoms. The molecule has 4 heteroatoms. The lowest BCUT2D eigenvalue weighted by Gasteiger charge is -2.30. The van der Waals surface area contributed by atoms with Gasteiger partial charge in [-0.05, 0) is 42.2 Å². The fourth-order valence-electron chi connectivity index (χ4n) is 3.41. The summed E-state index contributed by atoms with van der Waals surface area (Å²) in [5.41, 5.74) is 2.87. The highest BCUT2D eigenvalue weighted by Gasteiger charge is 2.56. The topological polar surface area (TPSA) is 46.6 Å². The van der Waals surface area contributed by atoms with Crippen molar-refractivity contribution in [3.8, 4) is 0 Å². The molecule has 0 N–H and O–H groups in total. The molecule has 0 saturated heterocycles. The molecule has 0 bridgehead atoms. The Bertz CT molecular complexity index is 409. The van der Waals surface area contributed by atoms with E-state index in [0.717, 1.165) is 38.6 Å². The first-order chi connectivity index (χ1) is 8.18. The van der Waals surface area contributed by atoms with Gasteiger partial charge in [-0.25, -0.2) is 0 Å². The first kappa shape index (κ1) is 10.8. The Kier molecular flexibility index (Phi) is 2.28. The molecule has 3 rings (SSSR count). The second-order valence-electron chi connectivity index (χ2n) is 5.54. The molecule has 92 valence electrons. The van der Waals surface area contributed by atoms with Crippen LogP contribution in [0.1, 0.15) is 25.7 Å². The van der Waals surface area contributed by atoms with Gasteiger partial charge in [0.15, 0.2) is 0 Å². The van der Waals surface area contributed by atoms with Crippen molar-refractivity contribution in [3.05, 3.63) is 11.1 Å². The van der Waals surface area contributed by atoms with E-state index in [1.807, 2.05) is 0 Å². The predicted molar refractivity (Wildman–Crippen MR) is 61.1 cm³/mol. The monoisotopic (exact) mass is 235 g/mol. The molecule has 3 aliphatic rings. The van der Waals surface area contributed by atoms with Crippen molar-refractivity contribution in [1.82, 2.24) is 4.90 Å². The summed E-state index contributed by atoms with van der Waals surface area (Å²) >= 11 is 0. The van der Waals surface area contributed by atoms with Gasteiger partial charge in [0.05, 0.1) is 13.0 Å². The van der Waals surface area contributed by atoms with Crippen molar-refractivity contribution in [1.29, 1.82) is 0 Å². The first-order valence-electron chi connectivity index (χ1n) is 6.15. The highest BCUT2D eigenvalue weighted by atomic mass is 16.5. The predicted octanol–water partition coefficient (Wildman–Crippen LogP) is 1.12. The zero-order valence-corrected chi connectivity index (χ0v) is 10.1. The van der Waals surface area contributed by atoms with Crippen molar-refractivity contribution >= 4 is 12.4 Å². The summed E-state index contributed by atoms with van der Waals surface area (Å²) in [4.78, 5) is 24.4. The smallest absolute Gasteiger partial charge is 0.309 e. The van der Waals surface area contributed by atoms with Crippen molar-refractivity contribution in [2.75, 3.05) is 20.2 Å². The van der Waals surface area contributed by atoms with Gasteiger partial charge in [-0.15, -0.1) is 0 Å². The third kappa shape index (κ3) is 1.58. The van der Waals surface area contributed by atoms with Gasteiger partial charge in [0.2, 0.25) is 6.41 Å². The molecule has 0 aromatic rings. The van der Waals surface area contributed by atoms with Crippen molar-refractivity contribution < 1.29 is 14.3 Å². The Morgan fingerprint density at radius 1 is 1.41 bits per heavy atom. The van der Waals surface area contributed by atoms with Crippen molar-refractivity contribution in [2.24, 2.45) is 11.3 Å². The van der Waals surface area contributed by atoms with Crippen LogP contribution in [0.15, 0.2) is 11.1 Å². The third-order valence-electron chi connectivity index (χ3n) is 4.57. The van der Waals surface area contributed by atoms with E-state index in [2.05, 4.69) is 0 Å². The van der Waals surface area contributed by atoms with E-state index in [4.69, 9.17) is 4.74 Å². The van der Waals surface area contributed by atoms with Crippen LogP contribution in [0.4, 0.5) is 0 Å². The number of nitrogens with zero attached hydrogens (tertiary/aromatic N) is 1. The van der Waals surface area contributed by atoms with Crippen LogP contribution < -0.4 is 0 Å². The van der Waals surface area contributed by atoms with Gasteiger partial charge < -0.3 is 9.64 Å². The number of carbonyl (C=O) groups excluding carboxylic acids is 2. The summed E-state index contributed by atoms with van der Waals surface area (Å²) in [6.07, 6.45) is 4.96. The van der Waals surface area contributed by atoms with Crippen LogP contribution in [0, 0.1) is 11.3 Å². The number of amides is 1. The largest absolute Gasteiger partial charge is 0.469 e. The fraction of sp³-hybridized carbons (Fsp3) is 0.692. The van der Waals surface area contributed by atoms with Gasteiger partial charge in [-0.1, -0.05) is 0 Å². The van der Waals surface area contributed by atoms with Gasteiger partial charge >= 0.3 is 5.97 Å². The first-order valence-corrected chi connectivity index (χ1v) is 6.15. The molecule has 0 aromatic carbocycles. The molecule has 0 aromatic heterocycles. The average molecular weight is 235 g/mol. The van der Waals surface area contributed by atoms with Gasteiger partial charge in [0, 0.05) is 13.1 Å². The lowest BCUT2D eigenvalue weighted by molar-refractivity contribution is -0.148. The maximum Gasteiger partial charge on any atom is 0.309 e. The van der Waals surface area contributed by atoms with E-state index in [1.165, 1.54) is 18.3 Å². The van der Waals surface area contributed by atoms with Crippen LogP contribution >= 0.6 is 0 Å². The van der Waals surface area contributed by atoms with E-state index in [1.54, 1.807) is 4.90 Å². The number of rotatable bonds is 2. The summed E-state index contributed by atoms with van der Waals surface area (Å²) in [6.45, 7) is 1.48. The highest BCUT2D eigenvalue weighted by molar-refractivity contribution is 5.75. The molecule has 1 aliphatic heterocycles. The molecule has 1 atom stereocenters. The summed E-state index contributed by atoms with van der Waals surface area (Å²) in [6, 6.07) is 0. The number of methoxy groups -OCH3 is 1. The molecule has 1 spiro atoms. The minimum absolute atomic E-state index is 0.0258. The summed E-state index contributed by atoms with van der Waals surface area (Å²) in [5.74, 6) is -0.0449. The maximum atomic E-state index is 11.8. The van der Waals surface area contributed by atoms with Crippen molar-refractivity contribution in [2.45, 2.75) is 25.7 Å². The second-order valence-corrected chi connectivity index (χ2v) is 5.54. The Hall–Kier alpha value is -1.32. The highest BCUT2D eigenvalue weighted by Crippen LogP contribution is 2.61. The molecule has 2 aliphatic carbocycles. The molecule has 1 saturated carbocycles. The number of ether oxygens (including phenoxy) is 1. The SMILES string of the molecule is COC(=O)[C@H]1CC2=C(CN(C=O)C2)CC12CC2. The normalized spacial score (nSPS) is 29.2. The van der Waals surface area contributed by atoms with Crippen LogP contribution in [0.3, 0.4) is 0 Å². The summed E-state index contributed by atoms with van der Waals surface area (Å²) < 4.78 is 4.92. The Morgan fingerprint density at radius 3 is 2.71 bits per heavy atom. The van der Waals surface area contributed by atoms with Crippen LogP contribution in [0.25, 0.3) is 0 Å². The van der Waals surface area contributed by atoms with Gasteiger partial charge in [0.25, 0.3) is 0 Å². The third-order valence-corrected chi connectivity index (χ3v) is 4.57. The summed E-state index contributed by atoms with van der Waals surface area (Å²) in [7, 11) is 1.47. The van der Waals surface area contributed by atoms with Gasteiger partial charge in [0.1, 0.15) is 0 Å². The number of carbonyl (C=O) groups is 2. The lowest BCUT2D eigenvalue weighted by atomic mass is 9.74. The van der Waals surface area contributed by atoms with Crippen LogP contribution in [-0.2, 0) is 14.3 Å². The minimum Gasteiger partial charge on any atom is -0.469 e. The number of hydrogen-bond acceptors (Lipinski definition) is 3. The Labute approximate surface area is 101 Å². The van der Waals surface area contributed by atoms with Crippen LogP contribution in [0.5, 0.6) is 0 Å². The molecule has 0 radical (unpaired) electrons. The average Bonchev–Trinajstić information content (AvgIpc) is 2.98.